The van der Waals surface area contributed by atoms with Gasteiger partial charge in [0, 0.05) is 31.2 Å². The Balaban J connectivity index is 2.15. The molecule has 88 valence electrons. The van der Waals surface area contributed by atoms with E-state index in [0.717, 1.165) is 13.0 Å². The van der Waals surface area contributed by atoms with E-state index in [4.69, 9.17) is 10.5 Å². The molecule has 5 heteroatoms. The molecule has 0 aromatic rings. The van der Waals surface area contributed by atoms with Crippen molar-refractivity contribution in [2.45, 2.75) is 32.4 Å². The average Bonchev–Trinajstić information content (AvgIpc) is 2.65. The van der Waals surface area contributed by atoms with E-state index in [9.17, 15) is 4.79 Å². The zero-order chi connectivity index (χ0) is 11.3. The largest absolute Gasteiger partial charge is 0.381 e. The van der Waals surface area contributed by atoms with Crippen LogP contribution in [0.25, 0.3) is 0 Å². The number of carbonyl (C=O) groups excluding carboxylic acids is 1. The smallest absolute Gasteiger partial charge is 0.315 e. The number of rotatable bonds is 4. The highest BCUT2D eigenvalue weighted by Gasteiger charge is 2.22. The third-order valence-electron chi connectivity index (χ3n) is 2.49. The number of ether oxygens (including phenoxy) is 1. The van der Waals surface area contributed by atoms with Gasteiger partial charge in [0.1, 0.15) is 0 Å². The predicted octanol–water partition coefficient (Wildman–Crippen LogP) is 0.0578. The van der Waals surface area contributed by atoms with Crippen molar-refractivity contribution < 1.29 is 9.53 Å². The minimum absolute atomic E-state index is 0.00888. The van der Waals surface area contributed by atoms with E-state index in [1.165, 1.54) is 0 Å². The van der Waals surface area contributed by atoms with Crippen molar-refractivity contribution in [2.75, 3.05) is 19.8 Å². The lowest BCUT2D eigenvalue weighted by Gasteiger charge is -2.18. The maximum atomic E-state index is 11.3. The topological polar surface area (TPSA) is 76.4 Å². The summed E-state index contributed by atoms with van der Waals surface area (Å²) in [4.78, 5) is 11.3. The van der Waals surface area contributed by atoms with Gasteiger partial charge in [-0.3, -0.25) is 0 Å². The van der Waals surface area contributed by atoms with Crippen molar-refractivity contribution in [2.24, 2.45) is 11.7 Å². The summed E-state index contributed by atoms with van der Waals surface area (Å²) < 4.78 is 5.24. The molecule has 2 atom stereocenters. The summed E-state index contributed by atoms with van der Waals surface area (Å²) in [6, 6.07) is -0.0131. The molecule has 0 bridgehead atoms. The molecule has 1 fully saturated rings. The Morgan fingerprint density at radius 3 is 2.87 bits per heavy atom. The van der Waals surface area contributed by atoms with E-state index in [-0.39, 0.29) is 18.1 Å². The summed E-state index contributed by atoms with van der Waals surface area (Å²) in [6.45, 7) is 5.85. The molecule has 4 N–H and O–H groups in total. The molecular formula is C10H21N3O2. The van der Waals surface area contributed by atoms with Gasteiger partial charge in [-0.2, -0.15) is 0 Å². The highest BCUT2D eigenvalue weighted by atomic mass is 16.5. The Kier molecular flexibility index (Phi) is 4.84. The number of amides is 2. The first-order valence-electron chi connectivity index (χ1n) is 5.47. The highest BCUT2D eigenvalue weighted by molar-refractivity contribution is 5.74. The van der Waals surface area contributed by atoms with Gasteiger partial charge in [0.15, 0.2) is 0 Å². The fraction of sp³-hybridized carbons (Fsp3) is 0.900. The predicted molar refractivity (Wildman–Crippen MR) is 58.6 cm³/mol. The molecule has 1 aliphatic rings. The Morgan fingerprint density at radius 1 is 1.60 bits per heavy atom. The number of hydrogen-bond acceptors (Lipinski definition) is 3. The van der Waals surface area contributed by atoms with Gasteiger partial charge in [0.25, 0.3) is 0 Å². The number of hydrogen-bond donors (Lipinski definition) is 3. The van der Waals surface area contributed by atoms with Gasteiger partial charge in [-0.15, -0.1) is 0 Å². The lowest BCUT2D eigenvalue weighted by molar-refractivity contribution is 0.180. The van der Waals surface area contributed by atoms with Crippen LogP contribution in [0, 0.1) is 5.92 Å². The van der Waals surface area contributed by atoms with Crippen molar-refractivity contribution in [3.05, 3.63) is 0 Å². The monoisotopic (exact) mass is 215 g/mol. The second-order valence-electron chi connectivity index (χ2n) is 4.30. The summed E-state index contributed by atoms with van der Waals surface area (Å²) in [5.41, 5.74) is 5.94. The van der Waals surface area contributed by atoms with Crippen LogP contribution in [0.3, 0.4) is 0 Å². The minimum Gasteiger partial charge on any atom is -0.381 e. The standard InChI is InChI=1S/C10H21N3O2/c1-7(2)13-10(14)12-5-9(11)8-3-4-15-6-8/h7-9H,3-6,11H2,1-2H3,(H2,12,13,14). The number of urea groups is 1. The van der Waals surface area contributed by atoms with Crippen LogP contribution >= 0.6 is 0 Å². The third kappa shape index (κ3) is 4.48. The van der Waals surface area contributed by atoms with Crippen molar-refractivity contribution in [3.8, 4) is 0 Å². The molecule has 0 aromatic carbocycles. The Labute approximate surface area is 90.7 Å². The lowest BCUT2D eigenvalue weighted by Crippen LogP contribution is -2.47. The number of carbonyl (C=O) groups is 1. The molecule has 2 unspecified atom stereocenters. The second kappa shape index (κ2) is 5.92. The van der Waals surface area contributed by atoms with Gasteiger partial charge in [0.05, 0.1) is 6.61 Å². The van der Waals surface area contributed by atoms with Crippen LogP contribution in [-0.2, 0) is 4.74 Å². The Hall–Kier alpha value is -0.810. The van der Waals surface area contributed by atoms with Gasteiger partial charge in [0.2, 0.25) is 0 Å². The summed E-state index contributed by atoms with van der Waals surface area (Å²) >= 11 is 0. The first-order valence-corrected chi connectivity index (χ1v) is 5.47. The first-order chi connectivity index (χ1) is 7.09. The molecule has 1 aliphatic heterocycles. The summed E-state index contributed by atoms with van der Waals surface area (Å²) in [7, 11) is 0. The van der Waals surface area contributed by atoms with E-state index in [1.807, 2.05) is 13.8 Å². The molecule has 0 spiro atoms. The molecule has 15 heavy (non-hydrogen) atoms. The van der Waals surface area contributed by atoms with E-state index in [1.54, 1.807) is 0 Å². The SMILES string of the molecule is CC(C)NC(=O)NCC(N)C1CCOC1. The molecule has 0 radical (unpaired) electrons. The summed E-state index contributed by atoms with van der Waals surface area (Å²) in [6.07, 6.45) is 0.995. The number of nitrogens with one attached hydrogen (secondary N) is 2. The highest BCUT2D eigenvalue weighted by Crippen LogP contribution is 2.14. The molecule has 1 heterocycles. The second-order valence-corrected chi connectivity index (χ2v) is 4.30. The van der Waals surface area contributed by atoms with Crippen LogP contribution < -0.4 is 16.4 Å². The van der Waals surface area contributed by atoms with Gasteiger partial charge >= 0.3 is 6.03 Å². The molecule has 5 nitrogen and oxygen atoms in total. The van der Waals surface area contributed by atoms with Gasteiger partial charge in [-0.05, 0) is 20.3 Å². The normalized spacial score (nSPS) is 22.8. The fourth-order valence-corrected chi connectivity index (χ4v) is 1.58. The van der Waals surface area contributed by atoms with Gasteiger partial charge in [-0.25, -0.2) is 4.79 Å². The molecule has 1 saturated heterocycles. The maximum Gasteiger partial charge on any atom is 0.315 e. The maximum absolute atomic E-state index is 11.3. The van der Waals surface area contributed by atoms with Crippen LogP contribution in [0.5, 0.6) is 0 Å². The fourth-order valence-electron chi connectivity index (χ4n) is 1.58. The van der Waals surface area contributed by atoms with E-state index < -0.39 is 0 Å². The van der Waals surface area contributed by atoms with Crippen LogP contribution in [-0.4, -0.2) is 37.9 Å². The Bertz CT molecular complexity index is 203. The number of nitrogens with two attached hydrogens (primary N) is 1. The van der Waals surface area contributed by atoms with E-state index in [0.29, 0.717) is 19.1 Å². The van der Waals surface area contributed by atoms with Crippen molar-refractivity contribution in [3.63, 3.8) is 0 Å². The van der Waals surface area contributed by atoms with Crippen molar-refractivity contribution in [1.82, 2.24) is 10.6 Å². The molecule has 0 saturated carbocycles. The van der Waals surface area contributed by atoms with Gasteiger partial charge in [-0.1, -0.05) is 0 Å². The van der Waals surface area contributed by atoms with E-state index >= 15 is 0 Å². The van der Waals surface area contributed by atoms with E-state index in [2.05, 4.69) is 10.6 Å². The zero-order valence-electron chi connectivity index (χ0n) is 9.45. The summed E-state index contributed by atoms with van der Waals surface area (Å²) in [5, 5.41) is 5.51. The Morgan fingerprint density at radius 2 is 2.33 bits per heavy atom. The van der Waals surface area contributed by atoms with Crippen LogP contribution in [0.15, 0.2) is 0 Å². The van der Waals surface area contributed by atoms with Crippen LogP contribution in [0.4, 0.5) is 4.79 Å². The van der Waals surface area contributed by atoms with Crippen LogP contribution in [0.2, 0.25) is 0 Å². The van der Waals surface area contributed by atoms with Crippen molar-refractivity contribution in [1.29, 1.82) is 0 Å². The first kappa shape index (κ1) is 12.3. The molecule has 1 rings (SSSR count). The molecule has 0 aliphatic carbocycles. The third-order valence-corrected chi connectivity index (χ3v) is 2.49. The molecule has 0 aromatic heterocycles. The molecular weight excluding hydrogens is 194 g/mol. The zero-order valence-corrected chi connectivity index (χ0v) is 9.45. The van der Waals surface area contributed by atoms with Gasteiger partial charge < -0.3 is 21.1 Å². The molecule has 2 amide bonds. The quantitative estimate of drug-likeness (QED) is 0.620. The van der Waals surface area contributed by atoms with Crippen LogP contribution in [0.1, 0.15) is 20.3 Å². The minimum atomic E-state index is -0.153. The lowest BCUT2D eigenvalue weighted by atomic mass is 10.0. The summed E-state index contributed by atoms with van der Waals surface area (Å²) in [5.74, 6) is 0.379. The average molecular weight is 215 g/mol. The van der Waals surface area contributed by atoms with Crippen molar-refractivity contribution >= 4 is 6.03 Å².